The minimum absolute atomic E-state index is 0.557. The Bertz CT molecular complexity index is 3720. The molecule has 3 heterocycles. The predicted octanol–water partition coefficient (Wildman–Crippen LogP) is 15.2. The monoisotopic (exact) mass is 821 g/mol. The van der Waals surface area contributed by atoms with E-state index in [0.717, 1.165) is 60.0 Å². The number of thiophene rings is 1. The van der Waals surface area contributed by atoms with Crippen LogP contribution in [0.4, 0.5) is 0 Å². The number of hydrogen-bond acceptors (Lipinski definition) is 5. The van der Waals surface area contributed by atoms with Crippen LogP contribution in [0.2, 0.25) is 0 Å². The molecule has 294 valence electrons. The van der Waals surface area contributed by atoms with Crippen LogP contribution in [0.15, 0.2) is 217 Å². The van der Waals surface area contributed by atoms with Crippen LogP contribution in [0, 0.1) is 0 Å². The summed E-state index contributed by atoms with van der Waals surface area (Å²) < 4.78 is 8.71. The highest BCUT2D eigenvalue weighted by atomic mass is 32.1. The van der Waals surface area contributed by atoms with Gasteiger partial charge in [-0.3, -0.25) is 0 Å². The minimum atomic E-state index is -0.557. The van der Waals surface area contributed by atoms with Crippen LogP contribution in [0.1, 0.15) is 22.3 Å². The summed E-state index contributed by atoms with van der Waals surface area (Å²) in [5.41, 5.74) is 13.4. The van der Waals surface area contributed by atoms with Crippen molar-refractivity contribution in [2.75, 3.05) is 0 Å². The third-order valence-electron chi connectivity index (χ3n) is 12.8. The topological polar surface area (TPSA) is 51.8 Å². The first-order valence-corrected chi connectivity index (χ1v) is 22.1. The highest BCUT2D eigenvalue weighted by Crippen LogP contribution is 2.58. The quantitative estimate of drug-likeness (QED) is 0.168. The molecule has 0 amide bonds. The molecule has 0 spiro atoms. The molecule has 0 aliphatic heterocycles. The Hall–Kier alpha value is -7.99. The van der Waals surface area contributed by atoms with Crippen molar-refractivity contribution in [3.8, 4) is 56.4 Å². The minimum Gasteiger partial charge on any atom is -0.456 e. The third-order valence-corrected chi connectivity index (χ3v) is 14.1. The lowest BCUT2D eigenvalue weighted by atomic mass is 9.67. The van der Waals surface area contributed by atoms with Gasteiger partial charge in [0.1, 0.15) is 11.2 Å². The molecule has 13 rings (SSSR count). The Morgan fingerprint density at radius 2 is 0.937 bits per heavy atom. The average Bonchev–Trinajstić information content (AvgIpc) is 4.03. The van der Waals surface area contributed by atoms with Gasteiger partial charge in [-0.1, -0.05) is 182 Å². The van der Waals surface area contributed by atoms with E-state index < -0.39 is 5.41 Å². The zero-order chi connectivity index (χ0) is 41.5. The summed E-state index contributed by atoms with van der Waals surface area (Å²) >= 11 is 1.79. The third kappa shape index (κ3) is 5.37. The second-order valence-electron chi connectivity index (χ2n) is 16.2. The first-order chi connectivity index (χ1) is 31.2. The number of benzene rings is 9. The van der Waals surface area contributed by atoms with E-state index in [4.69, 9.17) is 19.4 Å². The fourth-order valence-corrected chi connectivity index (χ4v) is 11.4. The maximum Gasteiger partial charge on any atom is 0.165 e. The van der Waals surface area contributed by atoms with Crippen LogP contribution in [0.5, 0.6) is 0 Å². The standard InChI is InChI=1S/C58H35N3OS/c1-3-19-38(20-4-1)58(39-21-5-2-6-22-39)47-30-10-7-24-43(47)52-45(28-15-31-48(52)58)56-59-55(60-57(61-56)46-29-14-27-42-41-23-9-12-34-51(41)63-54(42)46)37-18-13-17-36(35-37)40-26-16-33-50-53(40)44-25-8-11-32-49(44)62-50/h1-35H. The van der Waals surface area contributed by atoms with Gasteiger partial charge in [-0.05, 0) is 74.8 Å². The van der Waals surface area contributed by atoms with E-state index in [1.165, 1.54) is 43.3 Å². The van der Waals surface area contributed by atoms with Crippen LogP contribution in [0.25, 0.3) is 98.5 Å². The van der Waals surface area contributed by atoms with Gasteiger partial charge < -0.3 is 4.42 Å². The van der Waals surface area contributed by atoms with Crippen LogP contribution in [-0.4, -0.2) is 15.0 Å². The normalized spacial score (nSPS) is 12.9. The molecular weight excluding hydrogens is 787 g/mol. The average molecular weight is 822 g/mol. The molecule has 0 atom stereocenters. The molecule has 5 heteroatoms. The van der Waals surface area contributed by atoms with Gasteiger partial charge in [0.05, 0.1) is 5.41 Å². The van der Waals surface area contributed by atoms with E-state index in [1.54, 1.807) is 11.3 Å². The van der Waals surface area contributed by atoms with E-state index >= 15 is 0 Å². The molecule has 1 aliphatic rings. The van der Waals surface area contributed by atoms with Gasteiger partial charge in [-0.2, -0.15) is 0 Å². The van der Waals surface area contributed by atoms with Crippen LogP contribution in [-0.2, 0) is 5.41 Å². The van der Waals surface area contributed by atoms with Gasteiger partial charge >= 0.3 is 0 Å². The first kappa shape index (κ1) is 35.7. The SMILES string of the molecule is c1ccc(C2(c3ccccc3)c3ccccc3-c3c(-c4nc(-c5cccc(-c6cccc7oc8ccccc8c67)c5)nc(-c5cccc6c5sc5ccccc56)n4)cccc32)cc1. The molecule has 0 bridgehead atoms. The zero-order valence-electron chi connectivity index (χ0n) is 33.9. The van der Waals surface area contributed by atoms with Crippen LogP contribution >= 0.6 is 11.3 Å². The smallest absolute Gasteiger partial charge is 0.165 e. The van der Waals surface area contributed by atoms with E-state index in [-0.39, 0.29) is 0 Å². The number of rotatable bonds is 6. The Morgan fingerprint density at radius 1 is 0.381 bits per heavy atom. The van der Waals surface area contributed by atoms with Gasteiger partial charge in [0.15, 0.2) is 17.5 Å². The summed E-state index contributed by atoms with van der Waals surface area (Å²) in [6.45, 7) is 0. The first-order valence-electron chi connectivity index (χ1n) is 21.3. The van der Waals surface area contributed by atoms with Crippen molar-refractivity contribution < 1.29 is 4.42 Å². The van der Waals surface area contributed by atoms with E-state index in [0.29, 0.717) is 17.5 Å². The number of nitrogens with zero attached hydrogens (tertiary/aromatic N) is 3. The van der Waals surface area contributed by atoms with E-state index in [1.807, 2.05) is 18.2 Å². The van der Waals surface area contributed by atoms with Crippen molar-refractivity contribution >= 4 is 53.4 Å². The molecule has 0 unspecified atom stereocenters. The Kier molecular flexibility index (Phi) is 7.96. The van der Waals surface area contributed by atoms with Crippen molar-refractivity contribution in [1.82, 2.24) is 15.0 Å². The Morgan fingerprint density at radius 3 is 1.78 bits per heavy atom. The number of aromatic nitrogens is 3. The summed E-state index contributed by atoms with van der Waals surface area (Å²) in [5, 5.41) is 4.62. The zero-order valence-corrected chi connectivity index (χ0v) is 34.7. The van der Waals surface area contributed by atoms with Crippen LogP contribution in [0.3, 0.4) is 0 Å². The molecule has 0 fully saturated rings. The second-order valence-corrected chi connectivity index (χ2v) is 17.3. The molecule has 9 aromatic carbocycles. The van der Waals surface area contributed by atoms with Gasteiger partial charge in [0, 0.05) is 47.6 Å². The highest BCUT2D eigenvalue weighted by molar-refractivity contribution is 7.26. The van der Waals surface area contributed by atoms with E-state index in [9.17, 15) is 0 Å². The lowest BCUT2D eigenvalue weighted by Crippen LogP contribution is -2.28. The predicted molar refractivity (Wildman–Crippen MR) is 259 cm³/mol. The van der Waals surface area contributed by atoms with Crippen molar-refractivity contribution in [1.29, 1.82) is 0 Å². The Balaban J connectivity index is 1.08. The van der Waals surface area contributed by atoms with Gasteiger partial charge in [-0.25, -0.2) is 15.0 Å². The number of furan rings is 1. The Labute approximate surface area is 367 Å². The fraction of sp³-hybridized carbons (Fsp3) is 0.0172. The molecule has 63 heavy (non-hydrogen) atoms. The van der Waals surface area contributed by atoms with Gasteiger partial charge in [0.2, 0.25) is 0 Å². The van der Waals surface area contributed by atoms with Crippen molar-refractivity contribution in [3.63, 3.8) is 0 Å². The summed E-state index contributed by atoms with van der Waals surface area (Å²) in [7, 11) is 0. The number of fused-ring (bicyclic) bond motifs is 9. The number of hydrogen-bond donors (Lipinski definition) is 0. The van der Waals surface area contributed by atoms with Crippen molar-refractivity contribution in [3.05, 3.63) is 235 Å². The summed E-state index contributed by atoms with van der Waals surface area (Å²) in [6, 6.07) is 75.5. The second kappa shape index (κ2) is 14.0. The molecule has 0 saturated heterocycles. The van der Waals surface area contributed by atoms with Crippen molar-refractivity contribution in [2.45, 2.75) is 5.41 Å². The molecule has 0 radical (unpaired) electrons. The fourth-order valence-electron chi connectivity index (χ4n) is 10.2. The molecular formula is C58H35N3OS. The largest absolute Gasteiger partial charge is 0.456 e. The molecule has 12 aromatic rings. The van der Waals surface area contributed by atoms with Crippen LogP contribution < -0.4 is 0 Å². The van der Waals surface area contributed by atoms with Gasteiger partial charge in [0.25, 0.3) is 0 Å². The highest BCUT2D eigenvalue weighted by Gasteiger charge is 2.47. The molecule has 0 N–H and O–H groups in total. The lowest BCUT2D eigenvalue weighted by molar-refractivity contribution is 0.669. The summed E-state index contributed by atoms with van der Waals surface area (Å²) in [6.07, 6.45) is 0. The summed E-state index contributed by atoms with van der Waals surface area (Å²) in [4.78, 5) is 16.3. The molecule has 0 saturated carbocycles. The molecule has 3 aromatic heterocycles. The van der Waals surface area contributed by atoms with Gasteiger partial charge in [-0.15, -0.1) is 11.3 Å². The maximum absolute atomic E-state index is 6.32. The lowest BCUT2D eigenvalue weighted by Gasteiger charge is -2.33. The summed E-state index contributed by atoms with van der Waals surface area (Å²) in [5.74, 6) is 1.88. The van der Waals surface area contributed by atoms with Crippen molar-refractivity contribution in [2.24, 2.45) is 0 Å². The molecule has 4 nitrogen and oxygen atoms in total. The maximum atomic E-state index is 6.32. The molecule has 1 aliphatic carbocycles. The number of para-hydroxylation sites is 1. The van der Waals surface area contributed by atoms with E-state index in [2.05, 4.69) is 194 Å².